The fourth-order valence-corrected chi connectivity index (χ4v) is 4.27. The van der Waals surface area contributed by atoms with Crippen LogP contribution in [0.1, 0.15) is 29.8 Å². The summed E-state index contributed by atoms with van der Waals surface area (Å²) in [7, 11) is 0. The number of benzene rings is 3. The minimum Gasteiger partial charge on any atom is -0.329 e. The van der Waals surface area contributed by atoms with Crippen molar-refractivity contribution in [2.24, 2.45) is 5.92 Å². The molecule has 3 aromatic carbocycles. The smallest absolute Gasteiger partial charge is 0.329 e. The minimum absolute atomic E-state index is 0.0362. The van der Waals surface area contributed by atoms with E-state index in [0.717, 1.165) is 17.7 Å². The lowest BCUT2D eigenvalue weighted by Crippen LogP contribution is -2.40. The maximum atomic E-state index is 13.2. The number of anilines is 1. The highest BCUT2D eigenvalue weighted by Gasteiger charge is 2.31. The Balaban J connectivity index is 1.62. The van der Waals surface area contributed by atoms with Crippen LogP contribution in [0.25, 0.3) is 16.9 Å². The van der Waals surface area contributed by atoms with E-state index < -0.39 is 23.6 Å². The van der Waals surface area contributed by atoms with Gasteiger partial charge < -0.3 is 10.2 Å². The van der Waals surface area contributed by atoms with Crippen LogP contribution >= 0.6 is 11.6 Å². The number of carbonyl (C=O) groups excluding carboxylic acids is 2. The Morgan fingerprint density at radius 2 is 1.67 bits per heavy atom. The lowest BCUT2D eigenvalue weighted by molar-refractivity contribution is -0.137. The first-order chi connectivity index (χ1) is 18.5. The summed E-state index contributed by atoms with van der Waals surface area (Å²) in [5, 5.41) is 7.85. The summed E-state index contributed by atoms with van der Waals surface area (Å²) >= 11 is 6.41. The van der Waals surface area contributed by atoms with Gasteiger partial charge in [-0.2, -0.15) is 18.3 Å². The Morgan fingerprint density at radius 3 is 2.33 bits per heavy atom. The largest absolute Gasteiger partial charge is 0.416 e. The van der Waals surface area contributed by atoms with Crippen molar-refractivity contribution in [1.82, 2.24) is 14.7 Å². The van der Waals surface area contributed by atoms with E-state index in [1.807, 2.05) is 44.2 Å². The fourth-order valence-electron chi connectivity index (χ4n) is 4.05. The first kappa shape index (κ1) is 27.9. The zero-order chi connectivity index (χ0) is 28.2. The average molecular weight is 555 g/mol. The number of nitrogens with one attached hydrogen (secondary N) is 1. The fraction of sp³-hybridized carbons (Fsp3) is 0.207. The van der Waals surface area contributed by atoms with Gasteiger partial charge in [0.05, 0.1) is 22.0 Å². The molecule has 4 aromatic rings. The number of para-hydroxylation sites is 1. The molecule has 1 N–H and O–H groups in total. The predicted molar refractivity (Wildman–Crippen MR) is 145 cm³/mol. The van der Waals surface area contributed by atoms with E-state index in [2.05, 4.69) is 10.4 Å². The molecule has 0 aliphatic heterocycles. The highest BCUT2D eigenvalue weighted by atomic mass is 35.5. The molecule has 39 heavy (non-hydrogen) atoms. The van der Waals surface area contributed by atoms with Crippen molar-refractivity contribution in [3.05, 3.63) is 101 Å². The third kappa shape index (κ3) is 6.86. The number of aromatic nitrogens is 2. The molecule has 10 heteroatoms. The molecule has 4 rings (SSSR count). The Kier molecular flexibility index (Phi) is 8.40. The molecule has 0 saturated heterocycles. The van der Waals surface area contributed by atoms with Gasteiger partial charge >= 0.3 is 6.18 Å². The number of carbonyl (C=O) groups is 2. The molecular formula is C29H26ClF3N4O2. The van der Waals surface area contributed by atoms with E-state index in [1.54, 1.807) is 30.3 Å². The molecule has 1 heterocycles. The molecule has 0 spiro atoms. The molecule has 0 aliphatic carbocycles. The molecule has 0 bridgehead atoms. The van der Waals surface area contributed by atoms with Crippen LogP contribution in [0.5, 0.6) is 0 Å². The van der Waals surface area contributed by atoms with Gasteiger partial charge in [0.2, 0.25) is 5.91 Å². The predicted octanol–water partition coefficient (Wildman–Crippen LogP) is 6.95. The van der Waals surface area contributed by atoms with E-state index in [1.165, 1.54) is 21.7 Å². The van der Waals surface area contributed by atoms with Crippen molar-refractivity contribution in [2.75, 3.05) is 18.4 Å². The van der Waals surface area contributed by atoms with E-state index in [4.69, 9.17) is 11.6 Å². The number of rotatable bonds is 8. The van der Waals surface area contributed by atoms with Crippen molar-refractivity contribution in [1.29, 1.82) is 0 Å². The van der Waals surface area contributed by atoms with Crippen molar-refractivity contribution in [2.45, 2.75) is 20.0 Å². The van der Waals surface area contributed by atoms with Crippen LogP contribution < -0.4 is 5.32 Å². The van der Waals surface area contributed by atoms with Crippen molar-refractivity contribution < 1.29 is 22.8 Å². The van der Waals surface area contributed by atoms with Crippen molar-refractivity contribution in [3.8, 4) is 16.9 Å². The Hall–Kier alpha value is -4.11. The molecule has 0 atom stereocenters. The van der Waals surface area contributed by atoms with E-state index in [-0.39, 0.29) is 24.6 Å². The van der Waals surface area contributed by atoms with Gasteiger partial charge in [0.1, 0.15) is 12.4 Å². The molecule has 0 unspecified atom stereocenters. The summed E-state index contributed by atoms with van der Waals surface area (Å²) in [6, 6.07) is 22.2. The van der Waals surface area contributed by atoms with E-state index >= 15 is 0 Å². The highest BCUT2D eigenvalue weighted by Crippen LogP contribution is 2.30. The van der Waals surface area contributed by atoms with E-state index in [0.29, 0.717) is 22.2 Å². The first-order valence-electron chi connectivity index (χ1n) is 12.2. The van der Waals surface area contributed by atoms with Gasteiger partial charge in [0, 0.05) is 23.7 Å². The standard InChI is InChI=1S/C29H26ClF3N4O2/c1-19(2)17-36(28(39)21-11-8-12-22(15-21)29(31,32)33)18-27(38)34-26-16-24(20-9-4-3-5-10-20)35-37(26)25-14-7-6-13-23(25)30/h3-16,19H,17-18H2,1-2H3,(H,34,38). The van der Waals surface area contributed by atoms with Gasteiger partial charge in [-0.3, -0.25) is 9.59 Å². The minimum atomic E-state index is -4.59. The summed E-state index contributed by atoms with van der Waals surface area (Å²) in [6.07, 6.45) is -4.59. The molecule has 202 valence electrons. The molecule has 0 saturated carbocycles. The van der Waals surface area contributed by atoms with Crippen LogP contribution in [0.2, 0.25) is 5.02 Å². The Morgan fingerprint density at radius 1 is 0.974 bits per heavy atom. The van der Waals surface area contributed by atoms with Crippen LogP contribution in [0.4, 0.5) is 19.0 Å². The third-order valence-corrected chi connectivity index (χ3v) is 6.09. The Labute approximate surface area is 229 Å². The lowest BCUT2D eigenvalue weighted by atomic mass is 10.1. The maximum Gasteiger partial charge on any atom is 0.416 e. The number of amides is 2. The molecule has 0 aliphatic rings. The highest BCUT2D eigenvalue weighted by molar-refractivity contribution is 6.32. The summed E-state index contributed by atoms with van der Waals surface area (Å²) in [5.41, 5.74) is 0.866. The number of hydrogen-bond donors (Lipinski definition) is 1. The second-order valence-electron chi connectivity index (χ2n) is 9.35. The quantitative estimate of drug-likeness (QED) is 0.256. The second-order valence-corrected chi connectivity index (χ2v) is 9.76. The maximum absolute atomic E-state index is 13.2. The molecule has 6 nitrogen and oxygen atoms in total. The molecule has 1 aromatic heterocycles. The Bertz CT molecular complexity index is 1470. The van der Waals surface area contributed by atoms with Gasteiger partial charge in [-0.15, -0.1) is 0 Å². The number of nitrogens with zero attached hydrogens (tertiary/aromatic N) is 3. The summed E-state index contributed by atoms with van der Waals surface area (Å²) in [4.78, 5) is 27.7. The van der Waals surface area contributed by atoms with Gasteiger partial charge in [0.15, 0.2) is 0 Å². The molecule has 0 fully saturated rings. The monoisotopic (exact) mass is 554 g/mol. The first-order valence-corrected chi connectivity index (χ1v) is 12.6. The van der Waals surface area contributed by atoms with Crippen LogP contribution in [0.15, 0.2) is 84.9 Å². The lowest BCUT2D eigenvalue weighted by Gasteiger charge is -2.24. The molecule has 2 amide bonds. The van der Waals surface area contributed by atoms with E-state index in [9.17, 15) is 22.8 Å². The number of hydrogen-bond acceptors (Lipinski definition) is 3. The molecule has 0 radical (unpaired) electrons. The number of alkyl halides is 3. The molecular weight excluding hydrogens is 529 g/mol. The van der Waals surface area contributed by atoms with Crippen LogP contribution in [-0.2, 0) is 11.0 Å². The van der Waals surface area contributed by atoms with Crippen LogP contribution in [0.3, 0.4) is 0 Å². The van der Waals surface area contributed by atoms with Crippen LogP contribution in [-0.4, -0.2) is 39.6 Å². The number of halogens is 4. The topological polar surface area (TPSA) is 67.2 Å². The average Bonchev–Trinajstić information content (AvgIpc) is 3.31. The van der Waals surface area contributed by atoms with Gasteiger partial charge in [-0.05, 0) is 36.2 Å². The van der Waals surface area contributed by atoms with Crippen molar-refractivity contribution >= 4 is 29.2 Å². The normalized spacial score (nSPS) is 11.5. The zero-order valence-corrected chi connectivity index (χ0v) is 22.0. The SMILES string of the molecule is CC(C)CN(CC(=O)Nc1cc(-c2ccccc2)nn1-c1ccccc1Cl)C(=O)c1cccc(C(F)(F)F)c1. The summed E-state index contributed by atoms with van der Waals surface area (Å²) in [5.74, 6) is -0.924. The van der Waals surface area contributed by atoms with Gasteiger partial charge in [0.25, 0.3) is 5.91 Å². The third-order valence-electron chi connectivity index (χ3n) is 5.77. The van der Waals surface area contributed by atoms with Crippen LogP contribution in [0, 0.1) is 5.92 Å². The summed E-state index contributed by atoms with van der Waals surface area (Å²) < 4.78 is 41.2. The summed E-state index contributed by atoms with van der Waals surface area (Å²) in [6.45, 7) is 3.50. The zero-order valence-electron chi connectivity index (χ0n) is 21.2. The van der Waals surface area contributed by atoms with Gasteiger partial charge in [-0.1, -0.05) is 74.0 Å². The van der Waals surface area contributed by atoms with Crippen molar-refractivity contribution in [3.63, 3.8) is 0 Å². The van der Waals surface area contributed by atoms with Gasteiger partial charge in [-0.25, -0.2) is 4.68 Å². The second kappa shape index (κ2) is 11.7.